The van der Waals surface area contributed by atoms with Crippen LogP contribution < -0.4 is 11.5 Å². The highest BCUT2D eigenvalue weighted by Gasteiger charge is 2.17. The maximum atomic E-state index is 6.45. The van der Waals surface area contributed by atoms with Crippen LogP contribution in [-0.4, -0.2) is 23.0 Å². The molecule has 0 spiro atoms. The van der Waals surface area contributed by atoms with E-state index >= 15 is 0 Å². The summed E-state index contributed by atoms with van der Waals surface area (Å²) in [5, 5.41) is 0. The molecule has 0 amide bonds. The quantitative estimate of drug-likeness (QED) is 0.288. The third-order valence-electron chi connectivity index (χ3n) is 4.45. The standard InChI is InChI=1S/C22H32N2S4/c1-6-25-17-10-15(11-18(21(17)23)26-7-2)14(5)16-12-19(27-8-3)22(24)20(13-16)28-9-4/h10-14H,6-9,23-24H2,1-5H3. The number of hydrogen-bond donors (Lipinski definition) is 2. The summed E-state index contributed by atoms with van der Waals surface area (Å²) >= 11 is 7.31. The van der Waals surface area contributed by atoms with E-state index in [1.807, 2.05) is 47.0 Å². The van der Waals surface area contributed by atoms with Gasteiger partial charge in [0.05, 0.1) is 11.4 Å². The second kappa shape index (κ2) is 11.6. The Morgan fingerprint density at radius 3 is 1.07 bits per heavy atom. The highest BCUT2D eigenvalue weighted by atomic mass is 32.2. The fourth-order valence-electron chi connectivity index (χ4n) is 3.03. The predicted molar refractivity (Wildman–Crippen MR) is 135 cm³/mol. The van der Waals surface area contributed by atoms with Crippen LogP contribution in [0.15, 0.2) is 43.8 Å². The van der Waals surface area contributed by atoms with Crippen molar-refractivity contribution >= 4 is 58.4 Å². The highest BCUT2D eigenvalue weighted by Crippen LogP contribution is 2.41. The summed E-state index contributed by atoms with van der Waals surface area (Å²) in [6.07, 6.45) is 0. The van der Waals surface area contributed by atoms with Gasteiger partial charge in [-0.1, -0.05) is 34.6 Å². The molecule has 2 rings (SSSR count). The van der Waals surface area contributed by atoms with E-state index in [0.29, 0.717) is 5.92 Å². The summed E-state index contributed by atoms with van der Waals surface area (Å²) in [7, 11) is 0. The minimum Gasteiger partial charge on any atom is -0.397 e. The lowest BCUT2D eigenvalue weighted by molar-refractivity contribution is 0.900. The van der Waals surface area contributed by atoms with Crippen molar-refractivity contribution in [2.45, 2.75) is 60.1 Å². The molecule has 0 radical (unpaired) electrons. The third kappa shape index (κ3) is 5.74. The Hall–Kier alpha value is -0.560. The smallest absolute Gasteiger partial charge is 0.0590 e. The Morgan fingerprint density at radius 2 is 0.857 bits per heavy atom. The van der Waals surface area contributed by atoms with Gasteiger partial charge in [0.2, 0.25) is 0 Å². The van der Waals surface area contributed by atoms with Crippen LogP contribution in [0.2, 0.25) is 0 Å². The maximum absolute atomic E-state index is 6.45. The average Bonchev–Trinajstić information content (AvgIpc) is 2.68. The molecule has 0 aromatic heterocycles. The van der Waals surface area contributed by atoms with Crippen LogP contribution in [0.1, 0.15) is 51.7 Å². The minimum absolute atomic E-state index is 0.293. The molecule has 0 fully saturated rings. The Morgan fingerprint density at radius 1 is 0.607 bits per heavy atom. The zero-order valence-corrected chi connectivity index (χ0v) is 20.8. The van der Waals surface area contributed by atoms with E-state index < -0.39 is 0 Å². The van der Waals surface area contributed by atoms with Crippen molar-refractivity contribution in [3.8, 4) is 0 Å². The Kier molecular flexibility index (Phi) is 9.81. The first-order valence-electron chi connectivity index (χ1n) is 9.84. The minimum atomic E-state index is 0.293. The zero-order valence-electron chi connectivity index (χ0n) is 17.5. The van der Waals surface area contributed by atoms with E-state index in [2.05, 4.69) is 58.9 Å². The van der Waals surface area contributed by atoms with Crippen LogP contribution in [0, 0.1) is 0 Å². The monoisotopic (exact) mass is 452 g/mol. The number of nitrogens with two attached hydrogens (primary N) is 2. The van der Waals surface area contributed by atoms with Gasteiger partial charge in [-0.25, -0.2) is 0 Å². The van der Waals surface area contributed by atoms with Crippen LogP contribution in [0.5, 0.6) is 0 Å². The number of hydrogen-bond acceptors (Lipinski definition) is 6. The molecule has 0 aliphatic rings. The molecule has 0 saturated heterocycles. The summed E-state index contributed by atoms with van der Waals surface area (Å²) in [6, 6.07) is 9.13. The third-order valence-corrected chi connectivity index (χ3v) is 8.20. The normalized spacial score (nSPS) is 11.4. The molecule has 0 atom stereocenters. The lowest BCUT2D eigenvalue weighted by Crippen LogP contribution is -2.03. The van der Waals surface area contributed by atoms with Crippen molar-refractivity contribution in [2.75, 3.05) is 34.5 Å². The van der Waals surface area contributed by atoms with E-state index in [0.717, 1.165) is 34.4 Å². The van der Waals surface area contributed by atoms with Gasteiger partial charge in [-0.05, 0) is 58.4 Å². The molecule has 154 valence electrons. The molecule has 2 aromatic rings. The first kappa shape index (κ1) is 23.7. The van der Waals surface area contributed by atoms with Crippen molar-refractivity contribution in [3.05, 3.63) is 35.4 Å². The van der Waals surface area contributed by atoms with Crippen LogP contribution >= 0.6 is 47.0 Å². The van der Waals surface area contributed by atoms with Crippen LogP contribution in [0.4, 0.5) is 11.4 Å². The molecule has 28 heavy (non-hydrogen) atoms. The number of anilines is 2. The fraction of sp³-hybridized carbons (Fsp3) is 0.455. The lowest BCUT2D eigenvalue weighted by Gasteiger charge is -2.20. The van der Waals surface area contributed by atoms with Gasteiger partial charge in [-0.15, -0.1) is 47.0 Å². The van der Waals surface area contributed by atoms with Gasteiger partial charge in [0.1, 0.15) is 0 Å². The molecule has 2 nitrogen and oxygen atoms in total. The SMILES string of the molecule is CCSc1cc(C(C)c2cc(SCC)c(N)c(SCC)c2)cc(SCC)c1N. The van der Waals surface area contributed by atoms with Crippen molar-refractivity contribution in [2.24, 2.45) is 0 Å². The Labute approximate surface area is 187 Å². The van der Waals surface area contributed by atoms with Crippen LogP contribution in [0.3, 0.4) is 0 Å². The van der Waals surface area contributed by atoms with E-state index in [4.69, 9.17) is 11.5 Å². The van der Waals surface area contributed by atoms with Crippen molar-refractivity contribution < 1.29 is 0 Å². The zero-order chi connectivity index (χ0) is 20.7. The van der Waals surface area contributed by atoms with Crippen LogP contribution in [0.25, 0.3) is 0 Å². The first-order chi connectivity index (χ1) is 13.5. The van der Waals surface area contributed by atoms with E-state index in [-0.39, 0.29) is 0 Å². The van der Waals surface area contributed by atoms with Gasteiger partial charge in [-0.2, -0.15) is 0 Å². The summed E-state index contributed by atoms with van der Waals surface area (Å²) < 4.78 is 0. The van der Waals surface area contributed by atoms with E-state index in [9.17, 15) is 0 Å². The maximum Gasteiger partial charge on any atom is 0.0590 e. The number of thioether (sulfide) groups is 4. The average molecular weight is 453 g/mol. The van der Waals surface area contributed by atoms with Gasteiger partial charge in [0.15, 0.2) is 0 Å². The van der Waals surface area contributed by atoms with Gasteiger partial charge in [0, 0.05) is 25.5 Å². The predicted octanol–water partition coefficient (Wildman–Crippen LogP) is 7.45. The number of benzene rings is 2. The molecular formula is C22H32N2S4. The molecule has 0 bridgehead atoms. The molecule has 0 unspecified atom stereocenters. The second-order valence-electron chi connectivity index (χ2n) is 6.32. The molecule has 2 aromatic carbocycles. The fourth-order valence-corrected chi connectivity index (χ4v) is 6.35. The van der Waals surface area contributed by atoms with Gasteiger partial charge in [-0.3, -0.25) is 0 Å². The van der Waals surface area contributed by atoms with Crippen molar-refractivity contribution in [1.29, 1.82) is 0 Å². The van der Waals surface area contributed by atoms with E-state index in [1.165, 1.54) is 30.7 Å². The second-order valence-corrected chi connectivity index (χ2v) is 11.5. The molecule has 4 N–H and O–H groups in total. The van der Waals surface area contributed by atoms with Gasteiger partial charge < -0.3 is 11.5 Å². The number of nitrogen functional groups attached to an aromatic ring is 2. The summed E-state index contributed by atoms with van der Waals surface area (Å²) in [4.78, 5) is 4.79. The molecule has 0 aliphatic carbocycles. The van der Waals surface area contributed by atoms with Crippen molar-refractivity contribution in [1.82, 2.24) is 0 Å². The molecular weight excluding hydrogens is 421 g/mol. The highest BCUT2D eigenvalue weighted by molar-refractivity contribution is 8.00. The van der Waals surface area contributed by atoms with Crippen LogP contribution in [-0.2, 0) is 0 Å². The van der Waals surface area contributed by atoms with Crippen molar-refractivity contribution in [3.63, 3.8) is 0 Å². The lowest BCUT2D eigenvalue weighted by atomic mass is 9.93. The van der Waals surface area contributed by atoms with E-state index in [1.54, 1.807) is 0 Å². The molecule has 0 aliphatic heterocycles. The molecule has 6 heteroatoms. The van der Waals surface area contributed by atoms with Gasteiger partial charge in [0.25, 0.3) is 0 Å². The summed E-state index contributed by atoms with van der Waals surface area (Å²) in [6.45, 7) is 11.0. The first-order valence-corrected chi connectivity index (χ1v) is 13.8. The molecule has 0 heterocycles. The number of rotatable bonds is 10. The summed E-state index contributed by atoms with van der Waals surface area (Å²) in [5.41, 5.74) is 17.4. The Bertz CT molecular complexity index is 673. The summed E-state index contributed by atoms with van der Waals surface area (Å²) in [5.74, 6) is 4.38. The Balaban J connectivity index is 2.53. The van der Waals surface area contributed by atoms with Gasteiger partial charge >= 0.3 is 0 Å². The molecule has 0 saturated carbocycles. The largest absolute Gasteiger partial charge is 0.397 e. The topological polar surface area (TPSA) is 52.0 Å².